The van der Waals surface area contributed by atoms with E-state index in [9.17, 15) is 5.11 Å². The average molecular weight is 517 g/mol. The molecule has 0 aromatic heterocycles. The van der Waals surface area contributed by atoms with Crippen LogP contribution in [0.1, 0.15) is 57.1 Å². The molecule has 1 aliphatic carbocycles. The van der Waals surface area contributed by atoms with E-state index in [0.29, 0.717) is 23.5 Å². The summed E-state index contributed by atoms with van der Waals surface area (Å²) in [6.07, 6.45) is 7.34. The molecule has 0 bridgehead atoms. The first kappa shape index (κ1) is 24.1. The highest BCUT2D eigenvalue weighted by Crippen LogP contribution is 2.43. The molecule has 1 heterocycles. The maximum absolute atomic E-state index is 10.7. The molecule has 29 heavy (non-hydrogen) atoms. The highest BCUT2D eigenvalue weighted by Gasteiger charge is 2.39. The van der Waals surface area contributed by atoms with Crippen molar-refractivity contribution >= 4 is 29.9 Å². The lowest BCUT2D eigenvalue weighted by molar-refractivity contribution is 0.185. The monoisotopic (exact) mass is 517 g/mol. The summed E-state index contributed by atoms with van der Waals surface area (Å²) in [5.74, 6) is 2.25. The summed E-state index contributed by atoms with van der Waals surface area (Å²) in [6.45, 7) is 5.36. The van der Waals surface area contributed by atoms with Gasteiger partial charge in [-0.1, -0.05) is 19.3 Å². The number of aliphatic imine (C=N–C) groups is 1. The summed E-state index contributed by atoms with van der Waals surface area (Å²) in [5.41, 5.74) is 1.23. The van der Waals surface area contributed by atoms with E-state index >= 15 is 0 Å². The number of hydrogen-bond donors (Lipinski definition) is 2. The van der Waals surface area contributed by atoms with Gasteiger partial charge in [0.2, 0.25) is 0 Å². The van der Waals surface area contributed by atoms with E-state index in [1.165, 1.54) is 38.5 Å². The first-order valence-electron chi connectivity index (χ1n) is 10.5. The number of rotatable bonds is 6. The van der Waals surface area contributed by atoms with E-state index < -0.39 is 6.10 Å². The van der Waals surface area contributed by atoms with Crippen molar-refractivity contribution in [2.75, 3.05) is 40.4 Å². The fourth-order valence-corrected chi connectivity index (χ4v) is 4.55. The normalized spacial score (nSPS) is 19.6. The van der Waals surface area contributed by atoms with Gasteiger partial charge in [0, 0.05) is 25.7 Å². The van der Waals surface area contributed by atoms with Crippen LogP contribution < -0.4 is 14.8 Å². The van der Waals surface area contributed by atoms with Crippen molar-refractivity contribution in [2.45, 2.75) is 51.6 Å². The van der Waals surface area contributed by atoms with Crippen molar-refractivity contribution in [1.29, 1.82) is 0 Å². The standard InChI is InChI=1S/C22H35N3O3.HI/c1-4-23-21(25-11-10-22(16-25)8-6-5-7-9-22)24-15-20(26)17-12-18(27-2)14-19(13-17)28-3;/h12-14,20,26H,4-11,15-16H2,1-3H3,(H,23,24);1H. The van der Waals surface area contributed by atoms with Gasteiger partial charge in [0.25, 0.3) is 0 Å². The molecule has 1 spiro atoms. The third-order valence-corrected chi connectivity index (χ3v) is 6.16. The number of methoxy groups -OCH3 is 2. The van der Waals surface area contributed by atoms with Gasteiger partial charge in [-0.15, -0.1) is 24.0 Å². The zero-order valence-electron chi connectivity index (χ0n) is 17.9. The molecule has 2 fully saturated rings. The Morgan fingerprint density at radius 1 is 1.14 bits per heavy atom. The number of aliphatic hydroxyl groups excluding tert-OH is 1. The largest absolute Gasteiger partial charge is 0.497 e. The van der Waals surface area contributed by atoms with Gasteiger partial charge in [-0.2, -0.15) is 0 Å². The molecule has 1 aromatic rings. The van der Waals surface area contributed by atoms with Crippen molar-refractivity contribution in [3.63, 3.8) is 0 Å². The minimum absolute atomic E-state index is 0. The molecule has 1 aliphatic heterocycles. The molecule has 1 atom stereocenters. The highest BCUT2D eigenvalue weighted by atomic mass is 127. The predicted octanol–water partition coefficient (Wildman–Crippen LogP) is 3.98. The van der Waals surface area contributed by atoms with Gasteiger partial charge < -0.3 is 24.8 Å². The van der Waals surface area contributed by atoms with Crippen molar-refractivity contribution < 1.29 is 14.6 Å². The highest BCUT2D eigenvalue weighted by molar-refractivity contribution is 14.0. The number of nitrogens with one attached hydrogen (secondary N) is 1. The number of halogens is 1. The molecule has 2 N–H and O–H groups in total. The summed E-state index contributed by atoms with van der Waals surface area (Å²) in [4.78, 5) is 7.14. The second-order valence-corrected chi connectivity index (χ2v) is 8.09. The maximum Gasteiger partial charge on any atom is 0.194 e. The SMILES string of the molecule is CCNC(=NCC(O)c1cc(OC)cc(OC)c1)N1CCC2(CCCCC2)C1.I. The molecular formula is C22H36IN3O3. The smallest absolute Gasteiger partial charge is 0.194 e. The molecule has 0 radical (unpaired) electrons. The molecule has 3 rings (SSSR count). The Bertz CT molecular complexity index is 655. The van der Waals surface area contributed by atoms with Gasteiger partial charge in [-0.25, -0.2) is 0 Å². The van der Waals surface area contributed by atoms with Gasteiger partial charge >= 0.3 is 0 Å². The number of aliphatic hydroxyl groups is 1. The fraction of sp³-hybridized carbons (Fsp3) is 0.682. The van der Waals surface area contributed by atoms with Gasteiger partial charge in [-0.05, 0) is 49.3 Å². The number of guanidine groups is 1. The van der Waals surface area contributed by atoms with Gasteiger partial charge in [0.15, 0.2) is 5.96 Å². The van der Waals surface area contributed by atoms with Crippen molar-refractivity contribution in [3.05, 3.63) is 23.8 Å². The van der Waals surface area contributed by atoms with Crippen LogP contribution in [0, 0.1) is 5.41 Å². The summed E-state index contributed by atoms with van der Waals surface area (Å²) in [6, 6.07) is 5.47. The van der Waals surface area contributed by atoms with Gasteiger partial charge in [0.05, 0.1) is 26.9 Å². The van der Waals surface area contributed by atoms with E-state index in [4.69, 9.17) is 14.5 Å². The van der Waals surface area contributed by atoms with E-state index in [2.05, 4.69) is 17.1 Å². The summed E-state index contributed by atoms with van der Waals surface area (Å²) < 4.78 is 10.6. The van der Waals surface area contributed by atoms with Gasteiger partial charge in [0.1, 0.15) is 11.5 Å². The third kappa shape index (κ3) is 6.13. The van der Waals surface area contributed by atoms with Crippen molar-refractivity contribution in [3.8, 4) is 11.5 Å². The quantitative estimate of drug-likeness (QED) is 0.340. The molecule has 7 heteroatoms. The molecule has 6 nitrogen and oxygen atoms in total. The zero-order valence-corrected chi connectivity index (χ0v) is 20.3. The minimum atomic E-state index is -0.705. The lowest BCUT2D eigenvalue weighted by Gasteiger charge is -2.33. The average Bonchev–Trinajstić information content (AvgIpc) is 3.13. The molecular weight excluding hydrogens is 481 g/mol. The second kappa shape index (κ2) is 11.2. The van der Waals surface area contributed by atoms with Gasteiger partial charge in [-0.3, -0.25) is 4.99 Å². The van der Waals surface area contributed by atoms with Crippen LogP contribution >= 0.6 is 24.0 Å². The molecule has 1 saturated carbocycles. The van der Waals surface area contributed by atoms with E-state index in [1.54, 1.807) is 20.3 Å². The number of benzene rings is 1. The van der Waals surface area contributed by atoms with Crippen LogP contribution in [0.5, 0.6) is 11.5 Å². The Balaban J connectivity index is 0.00000300. The molecule has 1 saturated heterocycles. The first-order chi connectivity index (χ1) is 13.6. The third-order valence-electron chi connectivity index (χ3n) is 6.16. The molecule has 164 valence electrons. The number of ether oxygens (including phenoxy) is 2. The van der Waals surface area contributed by atoms with Crippen molar-refractivity contribution in [1.82, 2.24) is 10.2 Å². The van der Waals surface area contributed by atoms with Crippen LogP contribution in [0.4, 0.5) is 0 Å². The Morgan fingerprint density at radius 3 is 2.38 bits per heavy atom. The summed E-state index contributed by atoms with van der Waals surface area (Å²) in [5, 5.41) is 14.1. The Labute approximate surface area is 192 Å². The summed E-state index contributed by atoms with van der Waals surface area (Å²) in [7, 11) is 3.22. The number of likely N-dealkylation sites (tertiary alicyclic amines) is 1. The lowest BCUT2D eigenvalue weighted by atomic mass is 9.73. The van der Waals surface area contributed by atoms with E-state index in [-0.39, 0.29) is 24.0 Å². The Morgan fingerprint density at radius 2 is 1.79 bits per heavy atom. The first-order valence-corrected chi connectivity index (χ1v) is 10.5. The topological polar surface area (TPSA) is 66.3 Å². The zero-order chi connectivity index (χ0) is 20.0. The number of hydrogen-bond acceptors (Lipinski definition) is 4. The second-order valence-electron chi connectivity index (χ2n) is 8.09. The fourth-order valence-electron chi connectivity index (χ4n) is 4.55. The van der Waals surface area contributed by atoms with Crippen LogP contribution in [0.2, 0.25) is 0 Å². The summed E-state index contributed by atoms with van der Waals surface area (Å²) >= 11 is 0. The van der Waals surface area contributed by atoms with E-state index in [1.807, 2.05) is 12.1 Å². The van der Waals surface area contributed by atoms with Crippen LogP contribution in [0.25, 0.3) is 0 Å². The number of nitrogens with zero attached hydrogens (tertiary/aromatic N) is 2. The van der Waals surface area contributed by atoms with Crippen molar-refractivity contribution in [2.24, 2.45) is 10.4 Å². The predicted molar refractivity (Wildman–Crippen MR) is 128 cm³/mol. The Hall–Kier alpha value is -1.22. The van der Waals surface area contributed by atoms with Crippen LogP contribution in [-0.2, 0) is 0 Å². The van der Waals surface area contributed by atoms with E-state index in [0.717, 1.165) is 31.2 Å². The maximum atomic E-state index is 10.7. The van der Waals surface area contributed by atoms with Crippen LogP contribution in [-0.4, -0.2) is 56.4 Å². The van der Waals surface area contributed by atoms with Crippen LogP contribution in [0.15, 0.2) is 23.2 Å². The van der Waals surface area contributed by atoms with Crippen LogP contribution in [0.3, 0.4) is 0 Å². The minimum Gasteiger partial charge on any atom is -0.497 e. The molecule has 2 aliphatic rings. The molecule has 1 aromatic carbocycles. The Kier molecular flexibility index (Phi) is 9.33. The lowest BCUT2D eigenvalue weighted by Crippen LogP contribution is -2.41. The molecule has 1 unspecified atom stereocenters. The molecule has 0 amide bonds.